The zero-order chi connectivity index (χ0) is 13.1. The Morgan fingerprint density at radius 2 is 2.05 bits per heavy atom. The fourth-order valence-corrected chi connectivity index (χ4v) is 2.35. The number of thiophene rings is 1. The SMILES string of the molecule is O=C(Nc1ccc(-n2cccn2)cc1)c1ccsc1. The number of rotatable bonds is 3. The maximum atomic E-state index is 11.9. The lowest BCUT2D eigenvalue weighted by Crippen LogP contribution is -2.10. The van der Waals surface area contributed by atoms with Crippen molar-refractivity contribution in [3.63, 3.8) is 0 Å². The second kappa shape index (κ2) is 5.07. The van der Waals surface area contributed by atoms with Crippen LogP contribution in [0.5, 0.6) is 0 Å². The number of aromatic nitrogens is 2. The van der Waals surface area contributed by atoms with Gasteiger partial charge in [-0.15, -0.1) is 0 Å². The summed E-state index contributed by atoms with van der Waals surface area (Å²) in [5, 5.41) is 10.7. The largest absolute Gasteiger partial charge is 0.322 e. The predicted molar refractivity (Wildman–Crippen MR) is 75.8 cm³/mol. The molecule has 0 spiro atoms. The molecule has 0 aliphatic heterocycles. The number of benzene rings is 1. The first-order chi connectivity index (χ1) is 9.33. The van der Waals surface area contributed by atoms with E-state index in [4.69, 9.17) is 0 Å². The molecule has 0 saturated heterocycles. The van der Waals surface area contributed by atoms with Crippen LogP contribution in [0.3, 0.4) is 0 Å². The van der Waals surface area contributed by atoms with E-state index >= 15 is 0 Å². The van der Waals surface area contributed by atoms with Crippen LogP contribution in [0.25, 0.3) is 5.69 Å². The van der Waals surface area contributed by atoms with Crippen LogP contribution in [0.15, 0.2) is 59.6 Å². The smallest absolute Gasteiger partial charge is 0.256 e. The van der Waals surface area contributed by atoms with Crippen molar-refractivity contribution in [3.8, 4) is 5.69 Å². The summed E-state index contributed by atoms with van der Waals surface area (Å²) in [5.74, 6) is -0.0897. The number of hydrogen-bond acceptors (Lipinski definition) is 3. The van der Waals surface area contributed by atoms with Gasteiger partial charge in [0.05, 0.1) is 11.3 Å². The standard InChI is InChI=1S/C14H11N3OS/c18-14(11-6-9-19-10-11)16-12-2-4-13(5-3-12)17-8-1-7-15-17/h1-10H,(H,16,18). The molecule has 0 atom stereocenters. The molecule has 0 bridgehead atoms. The summed E-state index contributed by atoms with van der Waals surface area (Å²) < 4.78 is 1.77. The first-order valence-corrected chi connectivity index (χ1v) is 6.71. The van der Waals surface area contributed by atoms with Crippen LogP contribution >= 0.6 is 11.3 Å². The van der Waals surface area contributed by atoms with E-state index in [1.165, 1.54) is 11.3 Å². The molecule has 0 radical (unpaired) electrons. The molecule has 2 heterocycles. The minimum absolute atomic E-state index is 0.0897. The van der Waals surface area contributed by atoms with E-state index in [9.17, 15) is 4.79 Å². The molecule has 3 aromatic rings. The Hall–Kier alpha value is -2.40. The molecular formula is C14H11N3OS. The highest BCUT2D eigenvalue weighted by molar-refractivity contribution is 7.08. The Balaban J connectivity index is 1.75. The van der Waals surface area contributed by atoms with E-state index in [0.717, 1.165) is 11.4 Å². The van der Waals surface area contributed by atoms with E-state index in [1.54, 1.807) is 16.9 Å². The third-order valence-electron chi connectivity index (χ3n) is 2.68. The quantitative estimate of drug-likeness (QED) is 0.793. The number of amides is 1. The number of nitrogens with one attached hydrogen (secondary N) is 1. The van der Waals surface area contributed by atoms with Crippen molar-refractivity contribution in [2.45, 2.75) is 0 Å². The normalized spacial score (nSPS) is 10.3. The van der Waals surface area contributed by atoms with Crippen molar-refractivity contribution < 1.29 is 4.79 Å². The summed E-state index contributed by atoms with van der Waals surface area (Å²) in [6.07, 6.45) is 3.60. The van der Waals surface area contributed by atoms with Crippen molar-refractivity contribution in [2.75, 3.05) is 5.32 Å². The first-order valence-electron chi connectivity index (χ1n) is 5.76. The van der Waals surface area contributed by atoms with E-state index in [-0.39, 0.29) is 5.91 Å². The van der Waals surface area contributed by atoms with Gasteiger partial charge in [0, 0.05) is 23.5 Å². The number of carbonyl (C=O) groups is 1. The Labute approximate surface area is 114 Å². The Kier molecular flexibility index (Phi) is 3.12. The second-order valence-electron chi connectivity index (χ2n) is 3.96. The maximum absolute atomic E-state index is 11.9. The van der Waals surface area contributed by atoms with Gasteiger partial charge in [0.25, 0.3) is 5.91 Å². The first kappa shape index (κ1) is 11.7. The molecule has 1 amide bonds. The number of anilines is 1. The van der Waals surface area contributed by atoms with Crippen LogP contribution in [0.4, 0.5) is 5.69 Å². The van der Waals surface area contributed by atoms with Gasteiger partial charge in [-0.1, -0.05) is 0 Å². The molecule has 94 valence electrons. The van der Waals surface area contributed by atoms with Gasteiger partial charge < -0.3 is 5.32 Å². The van der Waals surface area contributed by atoms with E-state index in [0.29, 0.717) is 5.56 Å². The van der Waals surface area contributed by atoms with Crippen LogP contribution in [0, 0.1) is 0 Å². The molecule has 1 aromatic carbocycles. The highest BCUT2D eigenvalue weighted by atomic mass is 32.1. The summed E-state index contributed by atoms with van der Waals surface area (Å²) in [6, 6.07) is 11.2. The molecule has 0 aliphatic carbocycles. The van der Waals surface area contributed by atoms with E-state index < -0.39 is 0 Å². The molecule has 0 aliphatic rings. The summed E-state index contributed by atoms with van der Waals surface area (Å²) in [6.45, 7) is 0. The Bertz CT molecular complexity index is 657. The lowest BCUT2D eigenvalue weighted by atomic mass is 10.2. The topological polar surface area (TPSA) is 46.9 Å². The van der Waals surface area contributed by atoms with Crippen LogP contribution < -0.4 is 5.32 Å². The fourth-order valence-electron chi connectivity index (χ4n) is 1.72. The average Bonchev–Trinajstić information content (AvgIpc) is 3.13. The molecule has 0 fully saturated rings. The molecule has 1 N–H and O–H groups in total. The van der Waals surface area contributed by atoms with Gasteiger partial charge in [-0.25, -0.2) is 4.68 Å². The fraction of sp³-hybridized carbons (Fsp3) is 0. The monoisotopic (exact) mass is 269 g/mol. The number of hydrogen-bond donors (Lipinski definition) is 1. The third-order valence-corrected chi connectivity index (χ3v) is 3.36. The maximum Gasteiger partial charge on any atom is 0.256 e. The lowest BCUT2D eigenvalue weighted by Gasteiger charge is -2.05. The molecule has 2 aromatic heterocycles. The minimum Gasteiger partial charge on any atom is -0.322 e. The van der Waals surface area contributed by atoms with Crippen molar-refractivity contribution in [3.05, 3.63) is 65.1 Å². The van der Waals surface area contributed by atoms with E-state index in [1.807, 2.05) is 47.3 Å². The van der Waals surface area contributed by atoms with Crippen molar-refractivity contribution in [1.82, 2.24) is 9.78 Å². The van der Waals surface area contributed by atoms with Crippen LogP contribution in [-0.2, 0) is 0 Å². The molecule has 5 heteroatoms. The highest BCUT2D eigenvalue weighted by Crippen LogP contribution is 2.14. The summed E-state index contributed by atoms with van der Waals surface area (Å²) >= 11 is 1.51. The number of carbonyl (C=O) groups excluding carboxylic acids is 1. The average molecular weight is 269 g/mol. The summed E-state index contributed by atoms with van der Waals surface area (Å²) in [7, 11) is 0. The molecule has 0 unspecified atom stereocenters. The van der Waals surface area contributed by atoms with Gasteiger partial charge in [-0.3, -0.25) is 4.79 Å². The van der Waals surface area contributed by atoms with Crippen molar-refractivity contribution >= 4 is 22.9 Å². The number of nitrogens with zero attached hydrogens (tertiary/aromatic N) is 2. The molecule has 4 nitrogen and oxygen atoms in total. The van der Waals surface area contributed by atoms with E-state index in [2.05, 4.69) is 10.4 Å². The van der Waals surface area contributed by atoms with Gasteiger partial charge in [-0.2, -0.15) is 16.4 Å². The zero-order valence-electron chi connectivity index (χ0n) is 9.98. The van der Waals surface area contributed by atoms with Gasteiger partial charge in [0.1, 0.15) is 0 Å². The molecular weight excluding hydrogens is 258 g/mol. The van der Waals surface area contributed by atoms with Crippen molar-refractivity contribution in [1.29, 1.82) is 0 Å². The second-order valence-corrected chi connectivity index (χ2v) is 4.74. The minimum atomic E-state index is -0.0897. The van der Waals surface area contributed by atoms with Crippen LogP contribution in [-0.4, -0.2) is 15.7 Å². The van der Waals surface area contributed by atoms with Gasteiger partial charge in [0.2, 0.25) is 0 Å². The zero-order valence-corrected chi connectivity index (χ0v) is 10.8. The molecule has 3 rings (SSSR count). The summed E-state index contributed by atoms with van der Waals surface area (Å²) in [5.41, 5.74) is 2.41. The lowest BCUT2D eigenvalue weighted by molar-refractivity contribution is 0.102. The van der Waals surface area contributed by atoms with Gasteiger partial charge >= 0.3 is 0 Å². The molecule has 0 saturated carbocycles. The van der Waals surface area contributed by atoms with Crippen molar-refractivity contribution in [2.24, 2.45) is 0 Å². The van der Waals surface area contributed by atoms with Crippen LogP contribution in [0.1, 0.15) is 10.4 Å². The molecule has 19 heavy (non-hydrogen) atoms. The Morgan fingerprint density at radius 3 is 2.68 bits per heavy atom. The predicted octanol–water partition coefficient (Wildman–Crippen LogP) is 3.19. The third kappa shape index (κ3) is 2.56. The van der Waals surface area contributed by atoms with Gasteiger partial charge in [-0.05, 0) is 41.8 Å². The summed E-state index contributed by atoms with van der Waals surface area (Å²) in [4.78, 5) is 11.9. The Morgan fingerprint density at radius 1 is 1.21 bits per heavy atom. The van der Waals surface area contributed by atoms with Gasteiger partial charge in [0.15, 0.2) is 0 Å². The highest BCUT2D eigenvalue weighted by Gasteiger charge is 2.06. The van der Waals surface area contributed by atoms with Crippen LogP contribution in [0.2, 0.25) is 0 Å².